The normalized spacial score (nSPS) is 28.9. The molecule has 2 saturated heterocycles. The molecule has 0 bridgehead atoms. The molecule has 168 valence electrons. The number of imide groups is 1. The second-order valence-corrected chi connectivity index (χ2v) is 8.68. The van der Waals surface area contributed by atoms with Crippen LogP contribution in [0.25, 0.3) is 0 Å². The van der Waals surface area contributed by atoms with Crippen molar-refractivity contribution in [2.24, 2.45) is 17.6 Å². The molecule has 6 rings (SSSR count). The molecule has 2 aromatic carbocycles. The molecule has 4 amide bonds. The number of para-hydroxylation sites is 1. The van der Waals surface area contributed by atoms with Crippen molar-refractivity contribution in [3.63, 3.8) is 0 Å². The molecule has 2 aromatic rings. The second-order valence-electron chi connectivity index (χ2n) is 8.68. The largest absolute Gasteiger partial charge is 0.454 e. The molecular formula is C23H20N4O6. The average Bonchev–Trinajstić information content (AvgIpc) is 3.50. The Hall–Kier alpha value is -3.92. The number of likely N-dealkylation sites (tertiary alicyclic amines) is 1. The monoisotopic (exact) mass is 448 g/mol. The lowest BCUT2D eigenvalue weighted by molar-refractivity contribution is -0.143. The van der Waals surface area contributed by atoms with Crippen LogP contribution < -0.4 is 25.8 Å². The zero-order chi connectivity index (χ0) is 22.9. The lowest BCUT2D eigenvalue weighted by Crippen LogP contribution is -2.53. The molecule has 0 radical (unpaired) electrons. The molecule has 4 atom stereocenters. The van der Waals surface area contributed by atoms with Crippen molar-refractivity contribution < 1.29 is 28.7 Å². The number of nitrogens with two attached hydrogens (primary N) is 1. The number of amides is 4. The van der Waals surface area contributed by atoms with Gasteiger partial charge in [-0.1, -0.05) is 24.3 Å². The van der Waals surface area contributed by atoms with Crippen LogP contribution in [-0.4, -0.2) is 41.4 Å². The number of rotatable bonds is 4. The van der Waals surface area contributed by atoms with E-state index in [1.54, 1.807) is 42.5 Å². The van der Waals surface area contributed by atoms with Gasteiger partial charge in [-0.15, -0.1) is 0 Å². The summed E-state index contributed by atoms with van der Waals surface area (Å²) in [7, 11) is 0. The van der Waals surface area contributed by atoms with Gasteiger partial charge in [-0.25, -0.2) is 0 Å². The number of anilines is 1. The highest BCUT2D eigenvalue weighted by Gasteiger charge is 2.70. The molecule has 10 nitrogen and oxygen atoms in total. The molecule has 33 heavy (non-hydrogen) atoms. The van der Waals surface area contributed by atoms with Crippen molar-refractivity contribution >= 4 is 29.3 Å². The molecule has 4 aliphatic heterocycles. The topological polar surface area (TPSA) is 140 Å². The summed E-state index contributed by atoms with van der Waals surface area (Å²) in [5.41, 5.74) is 5.84. The summed E-state index contributed by atoms with van der Waals surface area (Å²) in [5.74, 6) is -2.69. The van der Waals surface area contributed by atoms with Crippen LogP contribution >= 0.6 is 0 Å². The lowest BCUT2D eigenvalue weighted by atomic mass is 9.76. The minimum Gasteiger partial charge on any atom is -0.454 e. The Labute approximate surface area is 188 Å². The van der Waals surface area contributed by atoms with Gasteiger partial charge in [0.15, 0.2) is 11.5 Å². The fraction of sp³-hybridized carbons (Fsp3) is 0.304. The highest BCUT2D eigenvalue weighted by atomic mass is 16.7. The van der Waals surface area contributed by atoms with Crippen LogP contribution in [0.5, 0.6) is 11.5 Å². The number of fused-ring (bicyclic) bond motifs is 5. The first kappa shape index (κ1) is 19.7. The number of nitrogens with one attached hydrogen (secondary N) is 2. The third-order valence-corrected chi connectivity index (χ3v) is 6.91. The van der Waals surface area contributed by atoms with Crippen molar-refractivity contribution in [2.45, 2.75) is 24.5 Å². The molecule has 4 N–H and O–H groups in total. The standard InChI is InChI=1S/C23H20N4O6/c24-17(28)8-14-18-19(23(26-14)12-3-1-2-4-13(12)25-22(23)31)21(30)27(20(18)29)9-11-5-6-15-16(7-11)33-10-32-15/h1-7,14,18-19,26H,8-10H2,(H2,24,28)(H,25,31)/t14-,18+,19-,23-/m0/s1. The summed E-state index contributed by atoms with van der Waals surface area (Å²) in [6.45, 7) is 0.131. The van der Waals surface area contributed by atoms with Gasteiger partial charge in [0.25, 0.3) is 0 Å². The molecular weight excluding hydrogens is 428 g/mol. The molecule has 0 aliphatic carbocycles. The Morgan fingerprint density at radius 1 is 1.09 bits per heavy atom. The van der Waals surface area contributed by atoms with E-state index in [9.17, 15) is 19.2 Å². The van der Waals surface area contributed by atoms with Crippen molar-refractivity contribution in [3.05, 3.63) is 53.6 Å². The van der Waals surface area contributed by atoms with Crippen molar-refractivity contribution in [2.75, 3.05) is 12.1 Å². The zero-order valence-corrected chi connectivity index (χ0v) is 17.4. The minimum atomic E-state index is -1.45. The number of ether oxygens (including phenoxy) is 2. The predicted octanol–water partition coefficient (Wildman–Crippen LogP) is 0.211. The summed E-state index contributed by atoms with van der Waals surface area (Å²) in [6.07, 6.45) is -0.171. The minimum absolute atomic E-state index is 0.0178. The third kappa shape index (κ3) is 2.64. The average molecular weight is 448 g/mol. The van der Waals surface area contributed by atoms with Crippen molar-refractivity contribution in [1.29, 1.82) is 0 Å². The Balaban J connectivity index is 1.41. The number of hydrogen-bond acceptors (Lipinski definition) is 7. The number of benzene rings is 2. The van der Waals surface area contributed by atoms with Gasteiger partial charge in [-0.2, -0.15) is 0 Å². The van der Waals surface area contributed by atoms with Crippen molar-refractivity contribution in [1.82, 2.24) is 10.2 Å². The Bertz CT molecular complexity index is 1250. The first-order valence-corrected chi connectivity index (χ1v) is 10.6. The molecule has 10 heteroatoms. The number of primary amides is 1. The lowest BCUT2D eigenvalue weighted by Gasteiger charge is -2.29. The van der Waals surface area contributed by atoms with Crippen LogP contribution in [0.2, 0.25) is 0 Å². The van der Waals surface area contributed by atoms with Crippen LogP contribution in [0.4, 0.5) is 5.69 Å². The van der Waals surface area contributed by atoms with Gasteiger partial charge >= 0.3 is 0 Å². The summed E-state index contributed by atoms with van der Waals surface area (Å²) < 4.78 is 10.7. The van der Waals surface area contributed by atoms with Gasteiger partial charge in [0.1, 0.15) is 5.54 Å². The van der Waals surface area contributed by atoms with E-state index in [2.05, 4.69) is 10.6 Å². The quantitative estimate of drug-likeness (QED) is 0.568. The van der Waals surface area contributed by atoms with Gasteiger partial charge in [0.2, 0.25) is 30.4 Å². The summed E-state index contributed by atoms with van der Waals surface area (Å²) in [5, 5.41) is 5.98. The van der Waals surface area contributed by atoms with E-state index in [-0.39, 0.29) is 19.8 Å². The second kappa shape index (κ2) is 6.79. The smallest absolute Gasteiger partial charge is 0.250 e. The third-order valence-electron chi connectivity index (χ3n) is 6.91. The Morgan fingerprint density at radius 2 is 1.88 bits per heavy atom. The highest BCUT2D eigenvalue weighted by molar-refractivity contribution is 6.15. The molecule has 4 heterocycles. The molecule has 0 aromatic heterocycles. The summed E-state index contributed by atoms with van der Waals surface area (Å²) >= 11 is 0. The fourth-order valence-corrected chi connectivity index (χ4v) is 5.59. The number of carbonyl (C=O) groups is 4. The molecule has 0 unspecified atom stereocenters. The fourth-order valence-electron chi connectivity index (χ4n) is 5.59. The van der Waals surface area contributed by atoms with Gasteiger partial charge in [0, 0.05) is 23.7 Å². The number of nitrogens with zero attached hydrogens (tertiary/aromatic N) is 1. The van der Waals surface area contributed by atoms with Crippen LogP contribution in [0.3, 0.4) is 0 Å². The number of hydrogen-bond donors (Lipinski definition) is 3. The molecule has 1 spiro atoms. The first-order valence-electron chi connectivity index (χ1n) is 10.6. The van der Waals surface area contributed by atoms with Crippen LogP contribution in [0, 0.1) is 11.8 Å². The highest BCUT2D eigenvalue weighted by Crippen LogP contribution is 2.53. The SMILES string of the molecule is NC(=O)C[C@@H]1N[C@]2(C(=O)Nc3ccccc32)[C@@H]2C(=O)N(Cc3ccc4c(c3)OCO4)C(=O)[C@H]12. The van der Waals surface area contributed by atoms with Gasteiger partial charge in [-0.05, 0) is 23.8 Å². The van der Waals surface area contributed by atoms with Gasteiger partial charge in [-0.3, -0.25) is 29.4 Å². The van der Waals surface area contributed by atoms with Crippen LogP contribution in [0.1, 0.15) is 17.5 Å². The predicted molar refractivity (Wildman–Crippen MR) is 113 cm³/mol. The van der Waals surface area contributed by atoms with Crippen LogP contribution in [0.15, 0.2) is 42.5 Å². The van der Waals surface area contributed by atoms with Crippen molar-refractivity contribution in [3.8, 4) is 11.5 Å². The van der Waals surface area contributed by atoms with E-state index in [1.807, 2.05) is 0 Å². The Kier molecular flexibility index (Phi) is 4.06. The first-order chi connectivity index (χ1) is 15.9. The van der Waals surface area contributed by atoms with E-state index in [0.717, 1.165) is 4.90 Å². The van der Waals surface area contributed by atoms with E-state index in [0.29, 0.717) is 28.3 Å². The molecule has 2 fully saturated rings. The van der Waals surface area contributed by atoms with E-state index in [1.165, 1.54) is 0 Å². The molecule has 0 saturated carbocycles. The van der Waals surface area contributed by atoms with E-state index >= 15 is 0 Å². The van der Waals surface area contributed by atoms with Gasteiger partial charge in [0.05, 0.1) is 18.4 Å². The van der Waals surface area contributed by atoms with Gasteiger partial charge < -0.3 is 20.5 Å². The maximum absolute atomic E-state index is 13.7. The Morgan fingerprint density at radius 3 is 2.70 bits per heavy atom. The van der Waals surface area contributed by atoms with E-state index < -0.39 is 47.0 Å². The maximum atomic E-state index is 13.7. The van der Waals surface area contributed by atoms with Crippen LogP contribution in [-0.2, 0) is 31.3 Å². The van der Waals surface area contributed by atoms with E-state index in [4.69, 9.17) is 15.2 Å². The maximum Gasteiger partial charge on any atom is 0.250 e. The number of carbonyl (C=O) groups excluding carboxylic acids is 4. The zero-order valence-electron chi connectivity index (χ0n) is 17.4. The summed E-state index contributed by atoms with van der Waals surface area (Å²) in [4.78, 5) is 53.4. The summed E-state index contributed by atoms with van der Waals surface area (Å²) in [6, 6.07) is 11.5. The molecule has 4 aliphatic rings.